The second kappa shape index (κ2) is 7.68. The molecule has 7 rings (SSSR count). The summed E-state index contributed by atoms with van der Waals surface area (Å²) in [5, 5.41) is 0. The normalized spacial score (nSPS) is 12.6. The van der Waals surface area contributed by atoms with Crippen LogP contribution in [0.4, 0.5) is 5.69 Å². The molecular formula is C33H26N2. The highest BCUT2D eigenvalue weighted by atomic mass is 15.1. The lowest BCUT2D eigenvalue weighted by atomic mass is 9.99. The summed E-state index contributed by atoms with van der Waals surface area (Å²) >= 11 is 0. The van der Waals surface area contributed by atoms with Gasteiger partial charge in [-0.15, -0.1) is 0 Å². The van der Waals surface area contributed by atoms with Crippen molar-refractivity contribution in [3.8, 4) is 44.8 Å². The summed E-state index contributed by atoms with van der Waals surface area (Å²) < 4.78 is 0. The minimum absolute atomic E-state index is 0.991. The molecule has 1 aromatic heterocycles. The van der Waals surface area contributed by atoms with E-state index >= 15 is 0 Å². The second-order valence-corrected chi connectivity index (χ2v) is 9.90. The van der Waals surface area contributed by atoms with Crippen LogP contribution >= 0.6 is 0 Å². The Kier molecular flexibility index (Phi) is 4.44. The summed E-state index contributed by atoms with van der Waals surface area (Å²) in [7, 11) is 4.20. The van der Waals surface area contributed by atoms with Crippen LogP contribution in [0, 0.1) is 0 Å². The summed E-state index contributed by atoms with van der Waals surface area (Å²) in [6, 6.07) is 35.5. The van der Waals surface area contributed by atoms with Gasteiger partial charge in [0.1, 0.15) is 0 Å². The van der Waals surface area contributed by atoms with Crippen molar-refractivity contribution in [1.82, 2.24) is 4.98 Å². The topological polar surface area (TPSA) is 16.1 Å². The Morgan fingerprint density at radius 3 is 1.46 bits per heavy atom. The minimum atomic E-state index is 0.991. The first kappa shape index (κ1) is 20.2. The maximum Gasteiger partial charge on any atom is 0.0730 e. The molecule has 0 radical (unpaired) electrons. The van der Waals surface area contributed by atoms with Crippen LogP contribution in [0.2, 0.25) is 0 Å². The maximum absolute atomic E-state index is 5.18. The third-order valence-electron chi connectivity index (χ3n) is 7.51. The van der Waals surface area contributed by atoms with Crippen LogP contribution in [0.15, 0.2) is 97.1 Å². The predicted molar refractivity (Wildman–Crippen MR) is 146 cm³/mol. The van der Waals surface area contributed by atoms with Gasteiger partial charge in [-0.2, -0.15) is 0 Å². The molecule has 2 nitrogen and oxygen atoms in total. The van der Waals surface area contributed by atoms with E-state index in [2.05, 4.69) is 116 Å². The van der Waals surface area contributed by atoms with Crippen molar-refractivity contribution in [2.45, 2.75) is 12.8 Å². The zero-order valence-corrected chi connectivity index (χ0v) is 20.0. The van der Waals surface area contributed by atoms with E-state index in [9.17, 15) is 0 Å². The second-order valence-electron chi connectivity index (χ2n) is 9.90. The first-order valence-electron chi connectivity index (χ1n) is 12.3. The molecule has 2 aliphatic carbocycles. The van der Waals surface area contributed by atoms with Gasteiger partial charge >= 0.3 is 0 Å². The smallest absolute Gasteiger partial charge is 0.0730 e. The predicted octanol–water partition coefficient (Wildman–Crippen LogP) is 7.62. The van der Waals surface area contributed by atoms with Crippen molar-refractivity contribution in [2.24, 2.45) is 0 Å². The molecule has 0 N–H and O–H groups in total. The Balaban J connectivity index is 1.31. The van der Waals surface area contributed by atoms with Crippen LogP contribution in [0.25, 0.3) is 44.8 Å². The quantitative estimate of drug-likeness (QED) is 0.275. The van der Waals surface area contributed by atoms with E-state index in [4.69, 9.17) is 4.98 Å². The molecule has 0 spiro atoms. The van der Waals surface area contributed by atoms with Gasteiger partial charge in [0.15, 0.2) is 0 Å². The van der Waals surface area contributed by atoms with Gasteiger partial charge in [0.2, 0.25) is 0 Å². The van der Waals surface area contributed by atoms with Gasteiger partial charge in [-0.1, -0.05) is 72.8 Å². The van der Waals surface area contributed by atoms with Crippen molar-refractivity contribution in [2.75, 3.05) is 19.0 Å². The van der Waals surface area contributed by atoms with Gasteiger partial charge in [0.25, 0.3) is 0 Å². The lowest BCUT2D eigenvalue weighted by Gasteiger charge is -2.17. The summed E-state index contributed by atoms with van der Waals surface area (Å²) in [6.07, 6.45) is 1.98. The number of hydrogen-bond acceptors (Lipinski definition) is 2. The highest BCUT2D eigenvalue weighted by Gasteiger charge is 2.21. The molecule has 0 aliphatic heterocycles. The molecule has 4 aromatic carbocycles. The highest BCUT2D eigenvalue weighted by Crippen LogP contribution is 2.41. The van der Waals surface area contributed by atoms with E-state index in [-0.39, 0.29) is 0 Å². The number of benzene rings is 4. The average molecular weight is 451 g/mol. The van der Waals surface area contributed by atoms with E-state index in [1.54, 1.807) is 0 Å². The van der Waals surface area contributed by atoms with Crippen LogP contribution in [0.5, 0.6) is 0 Å². The van der Waals surface area contributed by atoms with Crippen molar-refractivity contribution < 1.29 is 0 Å². The number of rotatable bonds is 3. The van der Waals surface area contributed by atoms with Gasteiger partial charge < -0.3 is 4.90 Å². The molecule has 1 heterocycles. The Labute approximate surface area is 206 Å². The summed E-state index contributed by atoms with van der Waals surface area (Å²) in [5.41, 5.74) is 16.6. The Bertz CT molecular complexity index is 1510. The van der Waals surface area contributed by atoms with Crippen LogP contribution in [0.1, 0.15) is 22.3 Å². The summed E-state index contributed by atoms with van der Waals surface area (Å²) in [6.45, 7) is 0. The molecule has 0 unspecified atom stereocenters. The molecular weight excluding hydrogens is 424 g/mol. The van der Waals surface area contributed by atoms with Crippen molar-refractivity contribution in [3.63, 3.8) is 0 Å². The van der Waals surface area contributed by atoms with Gasteiger partial charge in [0, 0.05) is 30.9 Å². The first-order valence-corrected chi connectivity index (χ1v) is 12.3. The van der Waals surface area contributed by atoms with Gasteiger partial charge in [-0.3, -0.25) is 0 Å². The number of anilines is 1. The minimum Gasteiger partial charge on any atom is -0.378 e. The van der Waals surface area contributed by atoms with Crippen LogP contribution < -0.4 is 4.90 Å². The van der Waals surface area contributed by atoms with Crippen LogP contribution in [-0.4, -0.2) is 19.1 Å². The highest BCUT2D eigenvalue weighted by molar-refractivity contribution is 5.83. The first-order chi connectivity index (χ1) is 17.1. The number of aromatic nitrogens is 1. The zero-order valence-electron chi connectivity index (χ0n) is 20.0. The van der Waals surface area contributed by atoms with E-state index in [1.165, 1.54) is 55.6 Å². The number of nitrogens with zero attached hydrogens (tertiary/aromatic N) is 2. The van der Waals surface area contributed by atoms with Crippen molar-refractivity contribution in [1.29, 1.82) is 0 Å². The van der Waals surface area contributed by atoms with Gasteiger partial charge in [-0.25, -0.2) is 4.98 Å². The van der Waals surface area contributed by atoms with Crippen LogP contribution in [0.3, 0.4) is 0 Å². The molecule has 0 saturated carbocycles. The van der Waals surface area contributed by atoms with E-state index < -0.39 is 0 Å². The number of fused-ring (bicyclic) bond motifs is 6. The van der Waals surface area contributed by atoms with Gasteiger partial charge in [-0.05, 0) is 81.6 Å². The van der Waals surface area contributed by atoms with Crippen molar-refractivity contribution >= 4 is 5.69 Å². The molecule has 2 aliphatic rings. The lowest BCUT2D eigenvalue weighted by Crippen LogP contribution is -2.09. The fourth-order valence-electron chi connectivity index (χ4n) is 5.68. The third-order valence-corrected chi connectivity index (χ3v) is 7.51. The fourth-order valence-corrected chi connectivity index (χ4v) is 5.68. The monoisotopic (exact) mass is 450 g/mol. The molecule has 0 bridgehead atoms. The van der Waals surface area contributed by atoms with Crippen molar-refractivity contribution in [3.05, 3.63) is 119 Å². The lowest BCUT2D eigenvalue weighted by molar-refractivity contribution is 1.12. The Hall–Kier alpha value is -4.17. The largest absolute Gasteiger partial charge is 0.378 e. The molecule has 2 heteroatoms. The molecule has 0 amide bonds. The zero-order chi connectivity index (χ0) is 23.5. The van der Waals surface area contributed by atoms with E-state index in [0.717, 1.165) is 29.9 Å². The van der Waals surface area contributed by atoms with E-state index in [1.807, 2.05) is 0 Å². The fraction of sp³-hybridized carbons (Fsp3) is 0.121. The third kappa shape index (κ3) is 3.29. The average Bonchev–Trinajstić information content (AvgIpc) is 3.45. The molecule has 0 atom stereocenters. The molecule has 35 heavy (non-hydrogen) atoms. The number of pyridine rings is 1. The summed E-state index contributed by atoms with van der Waals surface area (Å²) in [4.78, 5) is 7.35. The summed E-state index contributed by atoms with van der Waals surface area (Å²) in [5.74, 6) is 0. The molecule has 5 aromatic rings. The Morgan fingerprint density at radius 2 is 0.971 bits per heavy atom. The Morgan fingerprint density at radius 1 is 0.514 bits per heavy atom. The maximum atomic E-state index is 5.18. The molecule has 0 saturated heterocycles. The van der Waals surface area contributed by atoms with E-state index in [0.29, 0.717) is 0 Å². The molecule has 0 fully saturated rings. The standard InChI is InChI=1S/C33H26N2/c1-35(2)27-19-32(23-11-13-30-25(17-23)15-21-7-3-5-9-28(21)30)34-33(20-27)24-12-14-31-26(18-24)16-22-8-4-6-10-29(22)31/h3-14,17-20H,15-16H2,1-2H3. The molecule has 168 valence electrons. The van der Waals surface area contributed by atoms with Gasteiger partial charge in [0.05, 0.1) is 11.4 Å². The SMILES string of the molecule is CN(C)c1cc(-c2ccc3c(c2)Cc2ccccc2-3)nc(-c2ccc3c(c2)Cc2ccccc2-3)c1. The number of hydrogen-bond donors (Lipinski definition) is 0. The van der Waals surface area contributed by atoms with Crippen LogP contribution in [-0.2, 0) is 12.8 Å².